The third-order valence-corrected chi connectivity index (χ3v) is 2.64. The van der Waals surface area contributed by atoms with Crippen LogP contribution in [-0.2, 0) is 10.9 Å². The van der Waals surface area contributed by atoms with Crippen molar-refractivity contribution >= 4 is 18.5 Å². The summed E-state index contributed by atoms with van der Waals surface area (Å²) in [4.78, 5) is 11.0. The number of cyclic esters (lactones) is 1. The highest BCUT2D eigenvalue weighted by Gasteiger charge is 2.39. The van der Waals surface area contributed by atoms with Crippen LogP contribution in [-0.4, -0.2) is 12.7 Å². The van der Waals surface area contributed by atoms with E-state index in [0.717, 1.165) is 12.1 Å². The molecule has 1 aromatic carbocycles. The molecule has 0 saturated carbocycles. The fourth-order valence-electron chi connectivity index (χ4n) is 1.89. The van der Waals surface area contributed by atoms with Gasteiger partial charge in [-0.1, -0.05) is 12.1 Å². The van der Waals surface area contributed by atoms with Crippen LogP contribution in [0.4, 0.5) is 22.4 Å². The molecule has 1 N–H and O–H groups in total. The van der Waals surface area contributed by atoms with Crippen LogP contribution in [0.3, 0.4) is 0 Å². The largest absolute Gasteiger partial charge is 0.449 e. The number of benzene rings is 1. The number of hydrogen-bond donors (Lipinski definition) is 1. The molecule has 1 aliphatic heterocycles. The predicted molar refractivity (Wildman–Crippen MR) is 60.5 cm³/mol. The van der Waals surface area contributed by atoms with Crippen LogP contribution < -0.4 is 5.32 Å². The van der Waals surface area contributed by atoms with Crippen LogP contribution in [0.1, 0.15) is 23.6 Å². The first-order chi connectivity index (χ1) is 8.39. The second-order valence-electron chi connectivity index (χ2n) is 3.82. The minimum absolute atomic E-state index is 0. The topological polar surface area (TPSA) is 38.3 Å². The zero-order chi connectivity index (χ0) is 13.3. The van der Waals surface area contributed by atoms with Crippen molar-refractivity contribution in [1.29, 1.82) is 0 Å². The second kappa shape index (κ2) is 5.64. The van der Waals surface area contributed by atoms with Gasteiger partial charge in [0.05, 0.1) is 18.2 Å². The maximum absolute atomic E-state index is 13.3. The van der Waals surface area contributed by atoms with Gasteiger partial charge in [0.1, 0.15) is 5.82 Å². The Bertz CT molecular complexity index is 478. The van der Waals surface area contributed by atoms with Crippen molar-refractivity contribution in [3.8, 4) is 0 Å². The van der Waals surface area contributed by atoms with Crippen LogP contribution in [0.25, 0.3) is 0 Å². The molecule has 0 spiro atoms. The zero-order valence-corrected chi connectivity index (χ0v) is 10.3. The van der Waals surface area contributed by atoms with E-state index in [1.807, 2.05) is 0 Å². The maximum Gasteiger partial charge on any atom is 0.419 e. The summed E-state index contributed by atoms with van der Waals surface area (Å²) >= 11 is 0. The number of ether oxygens (including phenoxy) is 1. The van der Waals surface area contributed by atoms with Crippen LogP contribution in [0.2, 0.25) is 0 Å². The van der Waals surface area contributed by atoms with Crippen LogP contribution in [0.15, 0.2) is 18.2 Å². The fraction of sp³-hybridized carbons (Fsp3) is 0.364. The summed E-state index contributed by atoms with van der Waals surface area (Å²) in [6.45, 7) is 0.00428. The van der Waals surface area contributed by atoms with E-state index < -0.39 is 29.7 Å². The molecule has 0 aliphatic carbocycles. The Balaban J connectivity index is 0.00000180. The Labute approximate surface area is 112 Å². The number of carbonyl (C=O) groups is 1. The van der Waals surface area contributed by atoms with Gasteiger partial charge in [-0.05, 0) is 11.6 Å². The summed E-state index contributed by atoms with van der Waals surface area (Å²) in [6, 6.07) is 2.19. The summed E-state index contributed by atoms with van der Waals surface area (Å²) in [6.07, 6.45) is -5.44. The molecule has 0 unspecified atom stereocenters. The van der Waals surface area contributed by atoms with Gasteiger partial charge in [-0.3, -0.25) is 0 Å². The summed E-state index contributed by atoms with van der Waals surface area (Å²) in [5, 5.41) is 2.24. The lowest BCUT2D eigenvalue weighted by Crippen LogP contribution is -2.36. The summed E-state index contributed by atoms with van der Waals surface area (Å²) in [5.74, 6) is -1.35. The smallest absolute Gasteiger partial charge is 0.419 e. The van der Waals surface area contributed by atoms with Crippen molar-refractivity contribution in [1.82, 2.24) is 5.32 Å². The predicted octanol–water partition coefficient (Wildman–Crippen LogP) is 3.44. The summed E-state index contributed by atoms with van der Waals surface area (Å²) in [7, 11) is 0. The van der Waals surface area contributed by atoms with Crippen LogP contribution in [0.5, 0.6) is 0 Å². The van der Waals surface area contributed by atoms with Crippen molar-refractivity contribution < 1.29 is 27.1 Å². The number of hydrogen-bond acceptors (Lipinski definition) is 2. The summed E-state index contributed by atoms with van der Waals surface area (Å²) in [5.41, 5.74) is -1.61. The van der Waals surface area contributed by atoms with Gasteiger partial charge in [0, 0.05) is 6.42 Å². The van der Waals surface area contributed by atoms with Gasteiger partial charge in [-0.2, -0.15) is 13.2 Å². The van der Waals surface area contributed by atoms with E-state index in [1.54, 1.807) is 0 Å². The molecule has 1 aliphatic rings. The lowest BCUT2D eigenvalue weighted by molar-refractivity contribution is -0.141. The van der Waals surface area contributed by atoms with Crippen LogP contribution >= 0.6 is 12.4 Å². The van der Waals surface area contributed by atoms with Crippen molar-refractivity contribution in [2.45, 2.75) is 18.6 Å². The van der Waals surface area contributed by atoms with E-state index in [9.17, 15) is 22.4 Å². The van der Waals surface area contributed by atoms with E-state index >= 15 is 0 Å². The van der Waals surface area contributed by atoms with E-state index in [1.165, 1.54) is 6.07 Å². The first-order valence-corrected chi connectivity index (χ1v) is 5.18. The molecule has 1 aromatic rings. The van der Waals surface area contributed by atoms with Gasteiger partial charge in [0.15, 0.2) is 0 Å². The molecular formula is C11H10ClF4NO2. The van der Waals surface area contributed by atoms with Crippen LogP contribution in [0, 0.1) is 5.82 Å². The summed E-state index contributed by atoms with van der Waals surface area (Å²) < 4.78 is 56.2. The molecule has 3 nitrogen and oxygen atoms in total. The van der Waals surface area contributed by atoms with E-state index in [4.69, 9.17) is 0 Å². The fourth-order valence-corrected chi connectivity index (χ4v) is 1.89. The number of alkyl halides is 3. The number of carbonyl (C=O) groups excluding carboxylic acids is 1. The Kier molecular flexibility index (Phi) is 4.62. The molecule has 1 saturated heterocycles. The molecule has 8 heteroatoms. The average molecular weight is 300 g/mol. The van der Waals surface area contributed by atoms with Gasteiger partial charge in [0.25, 0.3) is 0 Å². The highest BCUT2D eigenvalue weighted by atomic mass is 35.5. The van der Waals surface area contributed by atoms with Crippen molar-refractivity contribution in [2.75, 3.05) is 6.61 Å². The number of nitrogens with one attached hydrogen (secondary N) is 1. The van der Waals surface area contributed by atoms with Gasteiger partial charge in [-0.15, -0.1) is 12.4 Å². The molecule has 1 fully saturated rings. The standard InChI is InChI=1S/C11H9F4NO2.ClH/c12-7-3-1-2-6(9(7)11(13,14)15)8-4-5-18-10(17)16-8;/h1-3,8H,4-5H2,(H,16,17);1H/t8-;/m0./s1. The molecule has 1 atom stereocenters. The number of halogens is 5. The minimum Gasteiger partial charge on any atom is -0.449 e. The monoisotopic (exact) mass is 299 g/mol. The third-order valence-electron chi connectivity index (χ3n) is 2.64. The first kappa shape index (κ1) is 15.6. The van der Waals surface area contributed by atoms with Crippen molar-refractivity contribution in [3.05, 3.63) is 35.1 Å². The van der Waals surface area contributed by atoms with Crippen molar-refractivity contribution in [2.24, 2.45) is 0 Å². The Morgan fingerprint density at radius 3 is 2.58 bits per heavy atom. The Morgan fingerprint density at radius 1 is 1.32 bits per heavy atom. The Morgan fingerprint density at radius 2 is 2.00 bits per heavy atom. The van der Waals surface area contributed by atoms with Crippen molar-refractivity contribution in [3.63, 3.8) is 0 Å². The first-order valence-electron chi connectivity index (χ1n) is 5.18. The average Bonchev–Trinajstić information content (AvgIpc) is 2.27. The molecule has 106 valence electrons. The zero-order valence-electron chi connectivity index (χ0n) is 9.46. The second-order valence-corrected chi connectivity index (χ2v) is 3.82. The SMILES string of the molecule is Cl.O=C1N[C@H](c2cccc(F)c2C(F)(F)F)CCO1. The lowest BCUT2D eigenvalue weighted by Gasteiger charge is -2.26. The van der Waals surface area contributed by atoms with E-state index in [-0.39, 0.29) is 31.0 Å². The van der Waals surface area contributed by atoms with Gasteiger partial charge in [0.2, 0.25) is 0 Å². The third kappa shape index (κ3) is 3.28. The molecule has 0 bridgehead atoms. The molecule has 1 amide bonds. The molecule has 19 heavy (non-hydrogen) atoms. The van der Waals surface area contributed by atoms with Gasteiger partial charge in [-0.25, -0.2) is 9.18 Å². The van der Waals surface area contributed by atoms with Gasteiger partial charge >= 0.3 is 12.3 Å². The van der Waals surface area contributed by atoms with E-state index in [2.05, 4.69) is 10.1 Å². The molecular weight excluding hydrogens is 290 g/mol. The minimum atomic E-state index is -4.80. The molecule has 1 heterocycles. The van der Waals surface area contributed by atoms with E-state index in [0.29, 0.717) is 0 Å². The molecule has 2 rings (SSSR count). The number of alkyl carbamates (subject to hydrolysis) is 1. The van der Waals surface area contributed by atoms with Gasteiger partial charge < -0.3 is 10.1 Å². The Hall–Kier alpha value is -1.50. The quantitative estimate of drug-likeness (QED) is 0.807. The lowest BCUT2D eigenvalue weighted by atomic mass is 9.97. The normalized spacial score (nSPS) is 19.2. The molecule has 0 radical (unpaired) electrons. The number of rotatable bonds is 1. The highest BCUT2D eigenvalue weighted by molar-refractivity contribution is 5.85. The highest BCUT2D eigenvalue weighted by Crippen LogP contribution is 2.37. The number of amides is 1. The molecule has 0 aromatic heterocycles. The maximum atomic E-state index is 13.3.